The maximum Gasteiger partial charge on any atom is 0.291 e. The van der Waals surface area contributed by atoms with Gasteiger partial charge in [-0.25, -0.2) is 4.39 Å². The van der Waals surface area contributed by atoms with Crippen molar-refractivity contribution < 1.29 is 32.3 Å². The van der Waals surface area contributed by atoms with E-state index >= 15 is 0 Å². The fourth-order valence-electron chi connectivity index (χ4n) is 3.17. The number of halogens is 1. The molecule has 0 saturated heterocycles. The first-order chi connectivity index (χ1) is 16.4. The van der Waals surface area contributed by atoms with Gasteiger partial charge in [0.05, 0.1) is 24.6 Å². The Labute approximate surface area is 194 Å². The molecule has 9 heteroatoms. The summed E-state index contributed by atoms with van der Waals surface area (Å²) >= 11 is 0. The van der Waals surface area contributed by atoms with Gasteiger partial charge in [0, 0.05) is 5.69 Å². The van der Waals surface area contributed by atoms with E-state index in [0.29, 0.717) is 23.0 Å². The molecule has 2 heterocycles. The van der Waals surface area contributed by atoms with Crippen LogP contribution in [0.3, 0.4) is 0 Å². The van der Waals surface area contributed by atoms with Gasteiger partial charge in [-0.2, -0.15) is 0 Å². The second kappa shape index (κ2) is 9.95. The zero-order valence-corrected chi connectivity index (χ0v) is 18.4. The topological polar surface area (TPSA) is 103 Å². The summed E-state index contributed by atoms with van der Waals surface area (Å²) in [6.07, 6.45) is 1.37. The normalized spacial score (nSPS) is 10.6. The van der Waals surface area contributed by atoms with Crippen LogP contribution in [0.25, 0.3) is 0 Å². The van der Waals surface area contributed by atoms with Crippen LogP contribution >= 0.6 is 0 Å². The lowest BCUT2D eigenvalue weighted by atomic mass is 10.2. The van der Waals surface area contributed by atoms with Gasteiger partial charge in [0.1, 0.15) is 23.9 Å². The number of hydrogen-bond acceptors (Lipinski definition) is 6. The third-order valence-corrected chi connectivity index (χ3v) is 4.90. The molecule has 0 saturated carbocycles. The quantitative estimate of drug-likeness (QED) is 0.361. The molecule has 0 radical (unpaired) electrons. The van der Waals surface area contributed by atoms with Gasteiger partial charge >= 0.3 is 0 Å². The van der Waals surface area contributed by atoms with E-state index in [9.17, 15) is 14.0 Å². The second-order valence-corrected chi connectivity index (χ2v) is 7.20. The van der Waals surface area contributed by atoms with Gasteiger partial charge in [0.2, 0.25) is 0 Å². The SMILES string of the molecule is COc1ccccc1OCc1ccc(C(=O)Nc2ccc(F)c(NC(=O)c3ccoc3C)c2)o1. The highest BCUT2D eigenvalue weighted by Gasteiger charge is 2.16. The number of nitrogens with one attached hydrogen (secondary N) is 2. The van der Waals surface area contributed by atoms with Gasteiger partial charge in [0.15, 0.2) is 17.3 Å². The summed E-state index contributed by atoms with van der Waals surface area (Å²) in [5.41, 5.74) is 0.467. The molecule has 0 aliphatic carbocycles. The largest absolute Gasteiger partial charge is 0.493 e. The Balaban J connectivity index is 1.40. The monoisotopic (exact) mass is 464 g/mol. The summed E-state index contributed by atoms with van der Waals surface area (Å²) in [5.74, 6) is 0.277. The third-order valence-electron chi connectivity index (χ3n) is 4.90. The lowest BCUT2D eigenvalue weighted by molar-refractivity contribution is 0.0991. The van der Waals surface area contributed by atoms with Crippen LogP contribution in [-0.2, 0) is 6.61 Å². The van der Waals surface area contributed by atoms with Gasteiger partial charge in [0.25, 0.3) is 11.8 Å². The summed E-state index contributed by atoms with van der Waals surface area (Å²) in [7, 11) is 1.54. The van der Waals surface area contributed by atoms with Crippen molar-refractivity contribution >= 4 is 23.2 Å². The van der Waals surface area contributed by atoms with Gasteiger partial charge in [-0.05, 0) is 55.5 Å². The van der Waals surface area contributed by atoms with Crippen LogP contribution in [0.4, 0.5) is 15.8 Å². The van der Waals surface area contributed by atoms with E-state index in [1.807, 2.05) is 12.1 Å². The van der Waals surface area contributed by atoms with Crippen molar-refractivity contribution in [1.29, 1.82) is 0 Å². The number of rotatable bonds is 8. The Bertz CT molecular complexity index is 1330. The molecule has 2 aromatic carbocycles. The van der Waals surface area contributed by atoms with E-state index in [2.05, 4.69) is 10.6 Å². The number of aryl methyl sites for hydroxylation is 1. The highest BCUT2D eigenvalue weighted by molar-refractivity contribution is 6.06. The summed E-state index contributed by atoms with van der Waals surface area (Å²) in [6.45, 7) is 1.72. The molecule has 0 unspecified atom stereocenters. The average molecular weight is 464 g/mol. The van der Waals surface area contributed by atoms with Gasteiger partial charge in [-0.3, -0.25) is 9.59 Å². The van der Waals surface area contributed by atoms with Gasteiger partial charge < -0.3 is 28.9 Å². The second-order valence-electron chi connectivity index (χ2n) is 7.20. The van der Waals surface area contributed by atoms with Crippen molar-refractivity contribution in [3.8, 4) is 11.5 Å². The predicted molar refractivity (Wildman–Crippen MR) is 122 cm³/mol. The number of carbonyl (C=O) groups is 2. The standard InChI is InChI=1S/C25H21FN2O6/c1-15-18(11-12-32-15)24(29)28-20-13-16(7-9-19(20)26)27-25(30)23-10-8-17(34-23)14-33-22-6-4-3-5-21(22)31-2/h3-13H,14H2,1-2H3,(H,27,30)(H,28,29). The molecule has 174 valence electrons. The number of amides is 2. The fourth-order valence-corrected chi connectivity index (χ4v) is 3.17. The molecule has 8 nitrogen and oxygen atoms in total. The molecule has 0 aliphatic rings. The Morgan fingerprint density at radius 1 is 0.971 bits per heavy atom. The van der Waals surface area contributed by atoms with E-state index in [-0.39, 0.29) is 29.3 Å². The predicted octanol–water partition coefficient (Wildman–Crippen LogP) is 5.41. The Kier molecular flexibility index (Phi) is 6.63. The Morgan fingerprint density at radius 2 is 1.76 bits per heavy atom. The summed E-state index contributed by atoms with van der Waals surface area (Å²) in [6, 6.07) is 15.6. The summed E-state index contributed by atoms with van der Waals surface area (Å²) < 4.78 is 35.8. The Morgan fingerprint density at radius 3 is 2.50 bits per heavy atom. The molecule has 4 aromatic rings. The van der Waals surface area contributed by atoms with Gasteiger partial charge in [-0.15, -0.1) is 0 Å². The highest BCUT2D eigenvalue weighted by Crippen LogP contribution is 2.27. The van der Waals surface area contributed by atoms with Crippen molar-refractivity contribution in [1.82, 2.24) is 0 Å². The first-order valence-electron chi connectivity index (χ1n) is 10.3. The molecule has 0 spiro atoms. The smallest absolute Gasteiger partial charge is 0.291 e. The molecule has 2 amide bonds. The first-order valence-corrected chi connectivity index (χ1v) is 10.3. The number of hydrogen-bond donors (Lipinski definition) is 2. The lowest BCUT2D eigenvalue weighted by Gasteiger charge is -2.09. The lowest BCUT2D eigenvalue weighted by Crippen LogP contribution is -2.15. The molecule has 0 aliphatic heterocycles. The Hall–Kier alpha value is -4.53. The average Bonchev–Trinajstić information content (AvgIpc) is 3.49. The van der Waals surface area contributed by atoms with Crippen LogP contribution in [0.15, 0.2) is 75.8 Å². The van der Waals surface area contributed by atoms with Crippen molar-refractivity contribution in [2.24, 2.45) is 0 Å². The molecular weight excluding hydrogens is 443 g/mol. The fraction of sp³-hybridized carbons (Fsp3) is 0.120. The number of para-hydroxylation sites is 2. The van der Waals surface area contributed by atoms with Crippen molar-refractivity contribution in [3.05, 3.63) is 95.6 Å². The number of carbonyl (C=O) groups excluding carboxylic acids is 2. The maximum absolute atomic E-state index is 14.2. The van der Waals surface area contributed by atoms with E-state index in [0.717, 1.165) is 6.07 Å². The minimum Gasteiger partial charge on any atom is -0.493 e. The van der Waals surface area contributed by atoms with Crippen LogP contribution in [0.1, 0.15) is 32.4 Å². The van der Waals surface area contributed by atoms with Crippen LogP contribution in [0, 0.1) is 12.7 Å². The minimum atomic E-state index is -0.652. The molecule has 0 fully saturated rings. The van der Waals surface area contributed by atoms with E-state index in [4.69, 9.17) is 18.3 Å². The number of furan rings is 2. The molecule has 2 N–H and O–H groups in total. The van der Waals surface area contributed by atoms with E-state index in [1.54, 1.807) is 32.2 Å². The molecule has 0 bridgehead atoms. The molecule has 2 aromatic heterocycles. The number of anilines is 2. The van der Waals surface area contributed by atoms with Crippen LogP contribution in [0.5, 0.6) is 11.5 Å². The molecule has 0 atom stereocenters. The van der Waals surface area contributed by atoms with Crippen LogP contribution < -0.4 is 20.1 Å². The number of benzene rings is 2. The molecular formula is C25H21FN2O6. The minimum absolute atomic E-state index is 0.0440. The number of methoxy groups -OCH3 is 1. The van der Waals surface area contributed by atoms with Crippen molar-refractivity contribution in [2.75, 3.05) is 17.7 Å². The third kappa shape index (κ3) is 5.09. The summed E-state index contributed by atoms with van der Waals surface area (Å²) in [4.78, 5) is 24.9. The van der Waals surface area contributed by atoms with Crippen molar-refractivity contribution in [2.45, 2.75) is 13.5 Å². The highest BCUT2D eigenvalue weighted by atomic mass is 19.1. The van der Waals surface area contributed by atoms with Crippen molar-refractivity contribution in [3.63, 3.8) is 0 Å². The zero-order chi connectivity index (χ0) is 24.1. The first kappa shape index (κ1) is 22.7. The van der Waals surface area contributed by atoms with E-state index in [1.165, 1.54) is 30.5 Å². The van der Waals surface area contributed by atoms with Crippen LogP contribution in [0.2, 0.25) is 0 Å². The molecule has 4 rings (SSSR count). The summed E-state index contributed by atoms with van der Waals surface area (Å²) in [5, 5.41) is 5.10. The van der Waals surface area contributed by atoms with Gasteiger partial charge in [-0.1, -0.05) is 12.1 Å². The number of ether oxygens (including phenoxy) is 2. The van der Waals surface area contributed by atoms with Crippen LogP contribution in [-0.4, -0.2) is 18.9 Å². The zero-order valence-electron chi connectivity index (χ0n) is 18.4. The maximum atomic E-state index is 14.2. The molecule has 34 heavy (non-hydrogen) atoms. The van der Waals surface area contributed by atoms with E-state index < -0.39 is 17.6 Å².